The first-order valence-electron chi connectivity index (χ1n) is 9.41. The topological polar surface area (TPSA) is 56.4 Å². The Bertz CT molecular complexity index is 717. The molecule has 26 heavy (non-hydrogen) atoms. The number of fused-ring (bicyclic) bond motifs is 1. The Hall–Kier alpha value is -1.95. The summed E-state index contributed by atoms with van der Waals surface area (Å²) in [5.41, 5.74) is 1.60. The smallest absolute Gasteiger partial charge is 0.270 e. The molecule has 0 atom stereocenters. The third-order valence-corrected chi connectivity index (χ3v) is 5.85. The van der Waals surface area contributed by atoms with E-state index in [2.05, 4.69) is 11.9 Å². The number of nitrogens with zero attached hydrogens (tertiary/aromatic N) is 2. The molecule has 1 saturated heterocycles. The third kappa shape index (κ3) is 4.61. The number of hydrogen-bond acceptors (Lipinski definition) is 3. The van der Waals surface area contributed by atoms with Gasteiger partial charge in [0.15, 0.2) is 0 Å². The predicted octanol–water partition coefficient (Wildman–Crippen LogP) is 3.38. The van der Waals surface area contributed by atoms with Gasteiger partial charge in [-0.15, -0.1) is 0 Å². The minimum Gasteiger partial charge on any atom is -0.351 e. The molecule has 6 heteroatoms. The van der Waals surface area contributed by atoms with Crippen LogP contribution in [0, 0.1) is 0 Å². The van der Waals surface area contributed by atoms with Crippen LogP contribution in [0.1, 0.15) is 36.7 Å². The predicted molar refractivity (Wildman–Crippen MR) is 108 cm³/mol. The Morgan fingerprint density at radius 3 is 2.54 bits per heavy atom. The van der Waals surface area contributed by atoms with Gasteiger partial charge in [0.05, 0.1) is 0 Å². The van der Waals surface area contributed by atoms with Crippen molar-refractivity contribution < 1.29 is 9.59 Å². The van der Waals surface area contributed by atoms with Crippen molar-refractivity contribution in [1.82, 2.24) is 14.8 Å². The fraction of sp³-hybridized carbons (Fsp3) is 0.500. The highest BCUT2D eigenvalue weighted by atomic mass is 32.2. The number of carbonyl (C=O) groups excluding carboxylic acids is 2. The molecule has 0 bridgehead atoms. The number of aromatic nitrogens is 1. The van der Waals surface area contributed by atoms with E-state index in [-0.39, 0.29) is 11.8 Å². The van der Waals surface area contributed by atoms with E-state index in [4.69, 9.17) is 0 Å². The van der Waals surface area contributed by atoms with Gasteiger partial charge in [-0.2, -0.15) is 11.8 Å². The van der Waals surface area contributed by atoms with E-state index in [1.54, 1.807) is 0 Å². The van der Waals surface area contributed by atoms with Crippen molar-refractivity contribution in [2.75, 3.05) is 37.7 Å². The van der Waals surface area contributed by atoms with E-state index in [0.717, 1.165) is 22.4 Å². The summed E-state index contributed by atoms with van der Waals surface area (Å²) in [6.45, 7) is 4.64. The fourth-order valence-corrected chi connectivity index (χ4v) is 4.20. The van der Waals surface area contributed by atoms with E-state index >= 15 is 0 Å². The number of piperazine rings is 1. The highest BCUT2D eigenvalue weighted by Crippen LogP contribution is 2.17. The molecule has 0 radical (unpaired) electrons. The summed E-state index contributed by atoms with van der Waals surface area (Å²) in [6.07, 6.45) is 3.02. The van der Waals surface area contributed by atoms with Crippen molar-refractivity contribution in [3.8, 4) is 0 Å². The number of para-hydroxylation sites is 1. The summed E-state index contributed by atoms with van der Waals surface area (Å²) in [5, 5.41) is 1.05. The summed E-state index contributed by atoms with van der Waals surface area (Å²) in [6, 6.07) is 9.80. The zero-order chi connectivity index (χ0) is 18.4. The van der Waals surface area contributed by atoms with Crippen molar-refractivity contribution in [3.63, 3.8) is 0 Å². The van der Waals surface area contributed by atoms with Crippen LogP contribution < -0.4 is 0 Å². The van der Waals surface area contributed by atoms with Crippen LogP contribution in [-0.2, 0) is 4.79 Å². The van der Waals surface area contributed by atoms with Gasteiger partial charge in [-0.05, 0) is 24.3 Å². The van der Waals surface area contributed by atoms with Crippen molar-refractivity contribution in [2.24, 2.45) is 0 Å². The molecule has 1 aromatic carbocycles. The van der Waals surface area contributed by atoms with Gasteiger partial charge >= 0.3 is 0 Å². The van der Waals surface area contributed by atoms with E-state index in [9.17, 15) is 9.59 Å². The molecule has 2 aromatic rings. The fourth-order valence-electron chi connectivity index (χ4n) is 3.18. The number of hydrogen-bond donors (Lipinski definition) is 1. The van der Waals surface area contributed by atoms with Crippen LogP contribution in [0.5, 0.6) is 0 Å². The average Bonchev–Trinajstić information content (AvgIpc) is 3.11. The molecule has 0 saturated carbocycles. The number of thioether (sulfide) groups is 1. The number of H-pyrrole nitrogens is 1. The summed E-state index contributed by atoms with van der Waals surface area (Å²) in [5.74, 6) is 2.26. The normalized spacial score (nSPS) is 14.8. The van der Waals surface area contributed by atoms with Crippen molar-refractivity contribution in [2.45, 2.75) is 26.2 Å². The molecule has 0 unspecified atom stereocenters. The number of unbranched alkanes of at least 4 members (excludes halogenated alkanes) is 1. The number of rotatable bonds is 7. The molecule has 0 aliphatic carbocycles. The first-order chi connectivity index (χ1) is 12.7. The molecular weight excluding hydrogens is 346 g/mol. The van der Waals surface area contributed by atoms with E-state index in [0.29, 0.717) is 38.3 Å². The van der Waals surface area contributed by atoms with Gasteiger partial charge in [0.1, 0.15) is 5.69 Å². The molecule has 1 fully saturated rings. The second-order valence-electron chi connectivity index (χ2n) is 6.66. The molecule has 5 nitrogen and oxygen atoms in total. The summed E-state index contributed by atoms with van der Waals surface area (Å²) in [7, 11) is 0. The highest BCUT2D eigenvalue weighted by molar-refractivity contribution is 7.99. The van der Waals surface area contributed by atoms with Gasteiger partial charge in [0, 0.05) is 49.3 Å². The Morgan fingerprint density at radius 1 is 1.08 bits per heavy atom. The van der Waals surface area contributed by atoms with Gasteiger partial charge in [-0.3, -0.25) is 9.59 Å². The van der Waals surface area contributed by atoms with Crippen LogP contribution in [-0.4, -0.2) is 64.3 Å². The molecule has 2 heterocycles. The Morgan fingerprint density at radius 2 is 1.81 bits per heavy atom. The lowest BCUT2D eigenvalue weighted by atomic mass is 10.2. The van der Waals surface area contributed by atoms with Gasteiger partial charge < -0.3 is 14.8 Å². The SMILES string of the molecule is CCCCSCCC(=O)N1CCN(C(=O)c2cc3ccccc3[nH]2)CC1. The minimum absolute atomic E-state index is 0.0171. The molecule has 1 N–H and O–H groups in total. The standard InChI is InChI=1S/C20H27N3O2S/c1-2-3-13-26-14-8-19(24)22-9-11-23(12-10-22)20(25)18-15-16-6-4-5-7-17(16)21-18/h4-7,15,21H,2-3,8-14H2,1H3. The molecule has 1 aliphatic heterocycles. The van der Waals surface area contributed by atoms with Crippen LogP contribution >= 0.6 is 11.8 Å². The van der Waals surface area contributed by atoms with E-state index in [1.165, 1.54) is 12.8 Å². The van der Waals surface area contributed by atoms with E-state index in [1.807, 2.05) is 51.9 Å². The van der Waals surface area contributed by atoms with Gasteiger partial charge in [-0.25, -0.2) is 0 Å². The monoisotopic (exact) mass is 373 g/mol. The number of amides is 2. The Labute approximate surface area is 159 Å². The minimum atomic E-state index is 0.0171. The zero-order valence-corrected chi connectivity index (χ0v) is 16.2. The first-order valence-corrected chi connectivity index (χ1v) is 10.6. The van der Waals surface area contributed by atoms with Crippen LogP contribution in [0.2, 0.25) is 0 Å². The summed E-state index contributed by atoms with van der Waals surface area (Å²) >= 11 is 1.86. The Balaban J connectivity index is 1.47. The molecule has 0 spiro atoms. The largest absolute Gasteiger partial charge is 0.351 e. The van der Waals surface area contributed by atoms with Crippen LogP contribution in [0.15, 0.2) is 30.3 Å². The van der Waals surface area contributed by atoms with Crippen LogP contribution in [0.4, 0.5) is 0 Å². The van der Waals surface area contributed by atoms with Crippen molar-refractivity contribution in [1.29, 1.82) is 0 Å². The summed E-state index contributed by atoms with van der Waals surface area (Å²) in [4.78, 5) is 31.9. The van der Waals surface area contributed by atoms with Crippen LogP contribution in [0.3, 0.4) is 0 Å². The lowest BCUT2D eigenvalue weighted by molar-refractivity contribution is -0.132. The quantitative estimate of drug-likeness (QED) is 0.757. The van der Waals surface area contributed by atoms with Gasteiger partial charge in [0.2, 0.25) is 5.91 Å². The molecule has 1 aliphatic rings. The zero-order valence-electron chi connectivity index (χ0n) is 15.4. The highest BCUT2D eigenvalue weighted by Gasteiger charge is 2.25. The number of carbonyl (C=O) groups is 2. The summed E-state index contributed by atoms with van der Waals surface area (Å²) < 4.78 is 0. The number of nitrogens with one attached hydrogen (secondary N) is 1. The van der Waals surface area contributed by atoms with Gasteiger partial charge in [-0.1, -0.05) is 31.5 Å². The number of aromatic amines is 1. The molecule has 1 aromatic heterocycles. The maximum Gasteiger partial charge on any atom is 0.270 e. The lowest BCUT2D eigenvalue weighted by Gasteiger charge is -2.34. The molecular formula is C20H27N3O2S. The maximum atomic E-state index is 12.7. The second-order valence-corrected chi connectivity index (χ2v) is 7.88. The van der Waals surface area contributed by atoms with Crippen molar-refractivity contribution >= 4 is 34.5 Å². The number of benzene rings is 1. The third-order valence-electron chi connectivity index (χ3n) is 4.78. The lowest BCUT2D eigenvalue weighted by Crippen LogP contribution is -2.50. The molecule has 2 amide bonds. The molecule has 140 valence electrons. The average molecular weight is 374 g/mol. The van der Waals surface area contributed by atoms with Crippen molar-refractivity contribution in [3.05, 3.63) is 36.0 Å². The van der Waals surface area contributed by atoms with Gasteiger partial charge in [0.25, 0.3) is 5.91 Å². The van der Waals surface area contributed by atoms with Crippen LogP contribution in [0.25, 0.3) is 10.9 Å². The first kappa shape index (κ1) is 18.8. The maximum absolute atomic E-state index is 12.7. The van der Waals surface area contributed by atoms with E-state index < -0.39 is 0 Å². The Kier molecular flexibility index (Phi) is 6.61. The molecule has 3 rings (SSSR count). The second kappa shape index (κ2) is 9.12.